The van der Waals surface area contributed by atoms with E-state index < -0.39 is 65.9 Å². The molecular weight excluding hydrogens is 772 g/mol. The van der Waals surface area contributed by atoms with Gasteiger partial charge in [-0.1, -0.05) is 60.0 Å². The second-order valence-electron chi connectivity index (χ2n) is 15.6. The van der Waals surface area contributed by atoms with Crippen LogP contribution in [-0.4, -0.2) is 144 Å². The van der Waals surface area contributed by atoms with Crippen molar-refractivity contribution in [3.8, 4) is 0 Å². The highest BCUT2D eigenvalue weighted by Gasteiger charge is 2.51. The Bertz CT molecular complexity index is 1360. The van der Waals surface area contributed by atoms with Gasteiger partial charge >= 0.3 is 12.2 Å². The molecule has 7 atom stereocenters. The van der Waals surface area contributed by atoms with E-state index in [9.17, 15) is 9.59 Å². The van der Waals surface area contributed by atoms with E-state index in [0.717, 1.165) is 5.56 Å². The van der Waals surface area contributed by atoms with Gasteiger partial charge in [-0.25, -0.2) is 9.59 Å². The molecule has 17 heteroatoms. The normalized spacial score (nSPS) is 27.5. The fourth-order valence-electron chi connectivity index (χ4n) is 6.68. The highest BCUT2D eigenvalue weighted by atomic mass is 16.8. The molecule has 0 radical (unpaired) electrons. The first-order valence-corrected chi connectivity index (χ1v) is 19.0. The molecule has 1 aromatic carbocycles. The number of benzene rings is 1. The van der Waals surface area contributed by atoms with Crippen LogP contribution in [0.5, 0.6) is 0 Å². The van der Waals surface area contributed by atoms with Crippen molar-refractivity contribution in [1.82, 2.24) is 10.6 Å². The molecule has 4 aliphatic heterocycles. The summed E-state index contributed by atoms with van der Waals surface area (Å²) in [6, 6.07) is 9.74. The number of hydrogen-bond donors (Lipinski definition) is 2. The molecule has 0 aromatic heterocycles. The standard InChI is InChI=1S/C38H60N2O15.4CH4/c1-35(2)48-23-29(52-35)31-27(50-37(5,6)54-31)18-39-33(41)46-15-14-43-21-26(22-44-20-25-12-10-9-11-13-25)45-16-17-47-34(42)40-19-28-32(55-38(7,8)51-28)30-24-49-36(3,4)53-30;;;;/h9-13,26-32H,14-24H2,1-8H3,(H,39,41)(H,40,42);4*1H4. The highest BCUT2D eigenvalue weighted by molar-refractivity contribution is 5.67. The Morgan fingerprint density at radius 1 is 0.610 bits per heavy atom. The maximum absolute atomic E-state index is 12.6. The van der Waals surface area contributed by atoms with E-state index >= 15 is 0 Å². The third kappa shape index (κ3) is 17.7. The Balaban J connectivity index is 0.00000435. The summed E-state index contributed by atoms with van der Waals surface area (Å²) in [5.74, 6) is -3.12. The van der Waals surface area contributed by atoms with E-state index in [1.807, 2.05) is 85.7 Å². The lowest BCUT2D eigenvalue weighted by Crippen LogP contribution is -2.44. The summed E-state index contributed by atoms with van der Waals surface area (Å²) < 4.78 is 75.8. The van der Waals surface area contributed by atoms with Crippen LogP contribution in [0.2, 0.25) is 0 Å². The van der Waals surface area contributed by atoms with Crippen LogP contribution >= 0.6 is 0 Å². The van der Waals surface area contributed by atoms with Gasteiger partial charge in [0.05, 0.1) is 46.2 Å². The minimum atomic E-state index is -0.843. The largest absolute Gasteiger partial charge is 0.447 e. The first-order valence-electron chi connectivity index (χ1n) is 19.0. The van der Waals surface area contributed by atoms with Crippen LogP contribution in [0.3, 0.4) is 0 Å². The van der Waals surface area contributed by atoms with E-state index in [4.69, 9.17) is 61.6 Å². The van der Waals surface area contributed by atoms with Gasteiger partial charge in [-0.15, -0.1) is 0 Å². The molecule has 7 unspecified atom stereocenters. The maximum atomic E-state index is 12.6. The van der Waals surface area contributed by atoms with Gasteiger partial charge in [-0.3, -0.25) is 0 Å². The zero-order chi connectivity index (χ0) is 39.7. The van der Waals surface area contributed by atoms with E-state index in [0.29, 0.717) is 19.8 Å². The first kappa shape index (κ1) is 54.3. The Morgan fingerprint density at radius 2 is 1.07 bits per heavy atom. The van der Waals surface area contributed by atoms with E-state index in [1.165, 1.54) is 0 Å². The minimum absolute atomic E-state index is 0. The van der Waals surface area contributed by atoms with Gasteiger partial charge in [0.1, 0.15) is 55.9 Å². The molecule has 0 aliphatic carbocycles. The number of nitrogens with one attached hydrogen (secondary N) is 2. The number of alkyl carbamates (subject to hydrolysis) is 2. The number of rotatable bonds is 19. The fraction of sp³-hybridized carbons (Fsp3) is 0.810. The van der Waals surface area contributed by atoms with Crippen LogP contribution in [-0.2, 0) is 68.2 Å². The molecule has 17 nitrogen and oxygen atoms in total. The van der Waals surface area contributed by atoms with Crippen molar-refractivity contribution in [2.24, 2.45) is 0 Å². The van der Waals surface area contributed by atoms with Gasteiger partial charge in [0.25, 0.3) is 0 Å². The van der Waals surface area contributed by atoms with Gasteiger partial charge in [-0.2, -0.15) is 0 Å². The Hall–Kier alpha value is -2.68. The van der Waals surface area contributed by atoms with Gasteiger partial charge in [0.15, 0.2) is 23.1 Å². The van der Waals surface area contributed by atoms with Gasteiger partial charge < -0.3 is 72.2 Å². The van der Waals surface area contributed by atoms with Gasteiger partial charge in [0.2, 0.25) is 0 Å². The van der Waals surface area contributed by atoms with Crippen LogP contribution in [0.4, 0.5) is 9.59 Å². The lowest BCUT2D eigenvalue weighted by Gasteiger charge is -2.24. The number of ether oxygens (including phenoxy) is 13. The van der Waals surface area contributed by atoms with Crippen molar-refractivity contribution in [3.63, 3.8) is 0 Å². The van der Waals surface area contributed by atoms with Crippen molar-refractivity contribution < 1.29 is 71.2 Å². The summed E-state index contributed by atoms with van der Waals surface area (Å²) in [6.07, 6.45) is -4.18. The summed E-state index contributed by atoms with van der Waals surface area (Å²) in [5, 5.41) is 5.48. The molecular formula is C42H76N2O15. The quantitative estimate of drug-likeness (QED) is 0.156. The first-order chi connectivity index (χ1) is 26.0. The summed E-state index contributed by atoms with van der Waals surface area (Å²) in [5.41, 5.74) is 1.01. The van der Waals surface area contributed by atoms with Crippen LogP contribution in [0, 0.1) is 0 Å². The molecule has 0 bridgehead atoms. The maximum Gasteiger partial charge on any atom is 0.407 e. The molecule has 0 spiro atoms. The second kappa shape index (κ2) is 24.1. The molecule has 4 heterocycles. The molecule has 0 saturated carbocycles. The fourth-order valence-corrected chi connectivity index (χ4v) is 6.68. The molecule has 4 saturated heterocycles. The Morgan fingerprint density at radius 3 is 1.53 bits per heavy atom. The summed E-state index contributed by atoms with van der Waals surface area (Å²) in [6.45, 7) is 16.6. The molecule has 2 N–H and O–H groups in total. The lowest BCUT2D eigenvalue weighted by atomic mass is 10.1. The monoisotopic (exact) mass is 849 g/mol. The molecule has 5 rings (SSSR count). The average molecular weight is 849 g/mol. The third-order valence-electron chi connectivity index (χ3n) is 8.98. The van der Waals surface area contributed by atoms with Crippen LogP contribution < -0.4 is 10.6 Å². The van der Waals surface area contributed by atoms with E-state index in [2.05, 4.69) is 10.6 Å². The average Bonchev–Trinajstić information content (AvgIpc) is 3.85. The zero-order valence-electron chi connectivity index (χ0n) is 33.3. The third-order valence-corrected chi connectivity index (χ3v) is 8.98. The van der Waals surface area contributed by atoms with Crippen molar-refractivity contribution in [2.75, 3.05) is 65.9 Å². The predicted molar refractivity (Wildman–Crippen MR) is 220 cm³/mol. The van der Waals surface area contributed by atoms with E-state index in [-0.39, 0.29) is 94.6 Å². The van der Waals surface area contributed by atoms with Crippen LogP contribution in [0.25, 0.3) is 0 Å². The minimum Gasteiger partial charge on any atom is -0.447 e. The van der Waals surface area contributed by atoms with Gasteiger partial charge in [-0.05, 0) is 61.0 Å². The highest BCUT2D eigenvalue weighted by Crippen LogP contribution is 2.36. The van der Waals surface area contributed by atoms with Crippen molar-refractivity contribution in [2.45, 2.75) is 158 Å². The van der Waals surface area contributed by atoms with Crippen molar-refractivity contribution >= 4 is 12.2 Å². The van der Waals surface area contributed by atoms with Crippen molar-refractivity contribution in [1.29, 1.82) is 0 Å². The molecule has 4 aliphatic rings. The summed E-state index contributed by atoms with van der Waals surface area (Å²) >= 11 is 0. The van der Waals surface area contributed by atoms with Gasteiger partial charge in [0, 0.05) is 13.1 Å². The zero-order valence-corrected chi connectivity index (χ0v) is 33.3. The Labute approximate surface area is 352 Å². The molecule has 1 aromatic rings. The number of hydrogen-bond acceptors (Lipinski definition) is 15. The van der Waals surface area contributed by atoms with Crippen molar-refractivity contribution in [3.05, 3.63) is 35.9 Å². The molecule has 4 fully saturated rings. The van der Waals surface area contributed by atoms with Crippen LogP contribution in [0.15, 0.2) is 30.3 Å². The summed E-state index contributed by atoms with van der Waals surface area (Å²) in [4.78, 5) is 25.0. The molecule has 59 heavy (non-hydrogen) atoms. The number of amides is 2. The molecule has 2 amide bonds. The smallest absolute Gasteiger partial charge is 0.407 e. The SMILES string of the molecule is C.C.C.C.CC1(C)OCC(C2OC(C)(C)OC2CNC(=O)OCCOCC(COCc2ccccc2)OCCOC(=O)NCC2OC(C)(C)OC2C2COC(C)(C)O2)O1. The topological polar surface area (TPSA) is 178 Å². The Kier molecular flexibility index (Phi) is 22.2. The second-order valence-corrected chi connectivity index (χ2v) is 15.6. The predicted octanol–water partition coefficient (Wildman–Crippen LogP) is 5.95. The molecule has 344 valence electrons. The van der Waals surface area contributed by atoms with Crippen LogP contribution in [0.1, 0.15) is 90.7 Å². The van der Waals surface area contributed by atoms with E-state index in [1.54, 1.807) is 0 Å². The number of carbonyl (C=O) groups excluding carboxylic acids is 2. The lowest BCUT2D eigenvalue weighted by molar-refractivity contribution is -0.174. The summed E-state index contributed by atoms with van der Waals surface area (Å²) in [7, 11) is 0. The number of carbonyl (C=O) groups is 2.